The number of hydrogen-bond donors (Lipinski definition) is 2. The van der Waals surface area contributed by atoms with Crippen LogP contribution in [0.25, 0.3) is 11.1 Å². The number of ether oxygens (including phenoxy) is 1. The minimum Gasteiger partial charge on any atom is -0.455 e. The SMILES string of the molecule is [2H]C([2H])([2H])OC[C@]([2H])(N)Cc1oc2c(NCc3cccs3)cc(Cl)nc2c1Cl. The van der Waals surface area contributed by atoms with Crippen molar-refractivity contribution < 1.29 is 14.6 Å². The molecule has 0 saturated carbocycles. The summed E-state index contributed by atoms with van der Waals surface area (Å²) in [6, 6.07) is 3.82. The largest absolute Gasteiger partial charge is 0.455 e. The highest BCUT2D eigenvalue weighted by atomic mass is 35.5. The first-order chi connectivity index (χ1) is 13.0. The minimum absolute atomic E-state index is 0.166. The van der Waals surface area contributed by atoms with Gasteiger partial charge in [-0.15, -0.1) is 11.3 Å². The van der Waals surface area contributed by atoms with Crippen LogP contribution in [-0.4, -0.2) is 24.6 Å². The van der Waals surface area contributed by atoms with Crippen LogP contribution in [0.4, 0.5) is 5.69 Å². The van der Waals surface area contributed by atoms with E-state index >= 15 is 0 Å². The molecule has 128 valence electrons. The zero-order valence-electron chi connectivity index (χ0n) is 16.4. The van der Waals surface area contributed by atoms with E-state index < -0.39 is 19.7 Å². The number of hydrogen-bond acceptors (Lipinski definition) is 6. The zero-order chi connectivity index (χ0) is 20.5. The molecule has 3 aromatic heterocycles. The van der Waals surface area contributed by atoms with Crippen LogP contribution < -0.4 is 11.1 Å². The average Bonchev–Trinajstić information content (AvgIpc) is 3.20. The highest BCUT2D eigenvalue weighted by Crippen LogP contribution is 2.36. The summed E-state index contributed by atoms with van der Waals surface area (Å²) in [6.45, 7) is 0.0427. The molecule has 24 heavy (non-hydrogen) atoms. The van der Waals surface area contributed by atoms with Crippen LogP contribution in [0.1, 0.15) is 16.1 Å². The van der Waals surface area contributed by atoms with Crippen molar-refractivity contribution in [2.24, 2.45) is 5.73 Å². The second-order valence-corrected chi connectivity index (χ2v) is 6.86. The number of rotatable bonds is 7. The van der Waals surface area contributed by atoms with Crippen LogP contribution in [0.3, 0.4) is 0 Å². The molecule has 0 aliphatic carbocycles. The molecule has 0 spiro atoms. The van der Waals surface area contributed by atoms with Gasteiger partial charge in [-0.3, -0.25) is 0 Å². The lowest BCUT2D eigenvalue weighted by Crippen LogP contribution is -2.27. The first kappa shape index (κ1) is 13.0. The number of anilines is 1. The van der Waals surface area contributed by atoms with Gasteiger partial charge in [-0.2, -0.15) is 0 Å². The van der Waals surface area contributed by atoms with Crippen molar-refractivity contribution >= 4 is 51.3 Å². The Labute approximate surface area is 159 Å². The normalized spacial score (nSPS) is 17.0. The summed E-state index contributed by atoms with van der Waals surface area (Å²) < 4.78 is 39.8. The minimum atomic E-state index is -2.64. The van der Waals surface area contributed by atoms with Crippen molar-refractivity contribution in [3.8, 4) is 0 Å². The van der Waals surface area contributed by atoms with Crippen LogP contribution >= 0.6 is 34.5 Å². The number of furan rings is 1. The van der Waals surface area contributed by atoms with E-state index in [2.05, 4.69) is 15.0 Å². The molecule has 0 bridgehead atoms. The predicted octanol–water partition coefficient (Wildman–Crippen LogP) is 4.32. The van der Waals surface area contributed by atoms with Gasteiger partial charge in [0.15, 0.2) is 5.58 Å². The number of methoxy groups -OCH3 is 1. The Kier molecular flexibility index (Phi) is 4.17. The van der Waals surface area contributed by atoms with E-state index in [1.54, 1.807) is 17.4 Å². The number of nitrogens with one attached hydrogen (secondary N) is 1. The quantitative estimate of drug-likeness (QED) is 0.588. The topological polar surface area (TPSA) is 73.3 Å². The summed E-state index contributed by atoms with van der Waals surface area (Å²) in [6.07, 6.45) is -0.166. The molecule has 1 atom stereocenters. The Bertz CT molecular complexity index is 961. The van der Waals surface area contributed by atoms with Crippen molar-refractivity contribution in [2.45, 2.75) is 19.0 Å². The van der Waals surface area contributed by atoms with Gasteiger partial charge in [0.1, 0.15) is 21.5 Å². The van der Waals surface area contributed by atoms with Gasteiger partial charge in [-0.1, -0.05) is 29.3 Å². The fourth-order valence-electron chi connectivity index (χ4n) is 2.24. The highest BCUT2D eigenvalue weighted by molar-refractivity contribution is 7.09. The molecule has 0 fully saturated rings. The van der Waals surface area contributed by atoms with Crippen molar-refractivity contribution in [1.29, 1.82) is 0 Å². The van der Waals surface area contributed by atoms with Crippen LogP contribution in [0.2, 0.25) is 10.2 Å². The molecular formula is C16H17Cl2N3O2S. The molecule has 0 saturated heterocycles. The van der Waals surface area contributed by atoms with Gasteiger partial charge in [0.2, 0.25) is 0 Å². The average molecular weight is 390 g/mol. The molecule has 5 nitrogen and oxygen atoms in total. The molecule has 0 aromatic carbocycles. The van der Waals surface area contributed by atoms with E-state index in [4.69, 9.17) is 38.8 Å². The fraction of sp³-hybridized carbons (Fsp3) is 0.312. The predicted molar refractivity (Wildman–Crippen MR) is 99.2 cm³/mol. The van der Waals surface area contributed by atoms with Crippen molar-refractivity contribution in [2.75, 3.05) is 19.0 Å². The van der Waals surface area contributed by atoms with Gasteiger partial charge in [0, 0.05) is 38.3 Å². The van der Waals surface area contributed by atoms with Crippen LogP contribution in [-0.2, 0) is 17.7 Å². The maximum atomic E-state index is 8.11. The van der Waals surface area contributed by atoms with Crippen molar-refractivity contribution in [1.82, 2.24) is 4.98 Å². The van der Waals surface area contributed by atoms with Gasteiger partial charge in [-0.25, -0.2) is 4.98 Å². The molecule has 8 heteroatoms. The van der Waals surface area contributed by atoms with Gasteiger partial charge >= 0.3 is 0 Å². The first-order valence-electron chi connectivity index (χ1n) is 9.01. The highest BCUT2D eigenvalue weighted by Gasteiger charge is 2.20. The van der Waals surface area contributed by atoms with E-state index in [-0.39, 0.29) is 22.4 Å². The monoisotopic (exact) mass is 389 g/mol. The summed E-state index contributed by atoms with van der Waals surface area (Å²) in [5, 5.41) is 5.61. The molecule has 0 aliphatic heterocycles. The van der Waals surface area contributed by atoms with Gasteiger partial charge < -0.3 is 20.2 Å². The second-order valence-electron chi connectivity index (χ2n) is 5.07. The molecule has 0 unspecified atom stereocenters. The Morgan fingerprint density at radius 1 is 1.58 bits per heavy atom. The summed E-state index contributed by atoms with van der Waals surface area (Å²) in [7, 11) is -2.64. The van der Waals surface area contributed by atoms with Gasteiger partial charge in [0.25, 0.3) is 0 Å². The van der Waals surface area contributed by atoms with Crippen LogP contribution in [0.5, 0.6) is 0 Å². The Hall–Kier alpha value is -1.31. The summed E-state index contributed by atoms with van der Waals surface area (Å²) in [5.74, 6) is 0.206. The third-order valence-electron chi connectivity index (χ3n) is 3.30. The second kappa shape index (κ2) is 7.72. The number of halogens is 2. The Balaban J connectivity index is 1.86. The van der Waals surface area contributed by atoms with E-state index in [0.29, 0.717) is 23.3 Å². The number of fused-ring (bicyclic) bond motifs is 1. The van der Waals surface area contributed by atoms with E-state index in [9.17, 15) is 0 Å². The number of pyridine rings is 1. The standard InChI is InChI=1S/C16H17Cl2N3O2S/c1-22-8-9(19)5-12-14(18)15-16(23-12)11(6-13(17)21-15)20-7-10-3-2-4-24-10/h2-4,6,9H,5,7-8,19H2,1H3,(H,20,21)/t9-/m1/s1/i1D3,9D. The molecule has 0 amide bonds. The molecule has 3 N–H and O–H groups in total. The summed E-state index contributed by atoms with van der Waals surface area (Å²) in [4.78, 5) is 5.31. The van der Waals surface area contributed by atoms with Gasteiger partial charge in [-0.05, 0) is 11.4 Å². The van der Waals surface area contributed by atoms with E-state index in [0.717, 1.165) is 4.88 Å². The molecule has 3 heterocycles. The number of nitrogens with zero attached hydrogens (tertiary/aromatic N) is 1. The van der Waals surface area contributed by atoms with Gasteiger partial charge in [0.05, 0.1) is 16.4 Å². The molecule has 3 rings (SSSR count). The lowest BCUT2D eigenvalue weighted by Gasteiger charge is -2.08. The fourth-order valence-corrected chi connectivity index (χ4v) is 3.32. The van der Waals surface area contributed by atoms with E-state index in [1.165, 1.54) is 0 Å². The van der Waals surface area contributed by atoms with E-state index in [1.807, 2.05) is 17.5 Å². The Morgan fingerprint density at radius 3 is 3.21 bits per heavy atom. The summed E-state index contributed by atoms with van der Waals surface area (Å²) in [5.41, 5.74) is 7.17. The Morgan fingerprint density at radius 2 is 2.46 bits per heavy atom. The first-order valence-corrected chi connectivity index (χ1v) is 8.64. The van der Waals surface area contributed by atoms with Crippen molar-refractivity contribution in [3.63, 3.8) is 0 Å². The molecule has 0 radical (unpaired) electrons. The maximum absolute atomic E-state index is 8.11. The smallest absolute Gasteiger partial charge is 0.177 e. The number of aromatic nitrogens is 1. The third-order valence-corrected chi connectivity index (χ3v) is 4.76. The number of thiophene rings is 1. The van der Waals surface area contributed by atoms with Crippen molar-refractivity contribution in [3.05, 3.63) is 44.4 Å². The molecular weight excluding hydrogens is 369 g/mol. The molecule has 3 aromatic rings. The van der Waals surface area contributed by atoms with Crippen LogP contribution in [0, 0.1) is 0 Å². The lowest BCUT2D eigenvalue weighted by molar-refractivity contribution is 0.178. The molecule has 0 aliphatic rings. The maximum Gasteiger partial charge on any atom is 0.177 e. The summed E-state index contributed by atoms with van der Waals surface area (Å²) >= 11 is 14.1. The lowest BCUT2D eigenvalue weighted by atomic mass is 10.2. The zero-order valence-corrected chi connectivity index (χ0v) is 14.8. The third kappa shape index (κ3) is 3.84. The van der Waals surface area contributed by atoms with Crippen LogP contribution in [0.15, 0.2) is 28.0 Å². The number of nitrogens with two attached hydrogens (primary N) is 1.